The number of nitrogens with zero attached hydrogens (tertiary/aromatic N) is 3. The minimum atomic E-state index is 0.589. The molecule has 0 aliphatic rings. The average molecular weight is 284 g/mol. The first-order chi connectivity index (χ1) is 10.0. The van der Waals surface area contributed by atoms with Gasteiger partial charge in [-0.05, 0) is 18.4 Å². The molecule has 2 aromatic rings. The molecule has 0 radical (unpaired) electrons. The summed E-state index contributed by atoms with van der Waals surface area (Å²) in [6.45, 7) is 8.05. The maximum atomic E-state index is 4.53. The van der Waals surface area contributed by atoms with Gasteiger partial charge < -0.3 is 10.2 Å². The van der Waals surface area contributed by atoms with Crippen LogP contribution < -0.4 is 10.2 Å². The zero-order valence-electron chi connectivity index (χ0n) is 13.3. The fourth-order valence-corrected chi connectivity index (χ4v) is 2.09. The first-order valence-electron chi connectivity index (χ1n) is 7.39. The van der Waals surface area contributed by atoms with E-state index in [0.717, 1.165) is 30.5 Å². The van der Waals surface area contributed by atoms with E-state index in [9.17, 15) is 0 Å². The van der Waals surface area contributed by atoms with Gasteiger partial charge in [0.25, 0.3) is 0 Å². The summed E-state index contributed by atoms with van der Waals surface area (Å²) in [6, 6.07) is 12.4. The SMILES string of the molecule is Cc1nc(NCC(C)C)cc(N(C)Cc2ccccc2)n1. The van der Waals surface area contributed by atoms with E-state index in [1.807, 2.05) is 19.1 Å². The van der Waals surface area contributed by atoms with E-state index in [1.165, 1.54) is 5.56 Å². The summed E-state index contributed by atoms with van der Waals surface area (Å²) in [5, 5.41) is 3.37. The number of hydrogen-bond donors (Lipinski definition) is 1. The predicted octanol–water partition coefficient (Wildman–Crippen LogP) is 3.49. The molecule has 0 atom stereocenters. The molecule has 4 heteroatoms. The Hall–Kier alpha value is -2.10. The monoisotopic (exact) mass is 284 g/mol. The smallest absolute Gasteiger partial charge is 0.134 e. The van der Waals surface area contributed by atoms with Crippen LogP contribution in [0.15, 0.2) is 36.4 Å². The van der Waals surface area contributed by atoms with Crippen molar-refractivity contribution in [3.05, 3.63) is 47.8 Å². The Labute approximate surface area is 127 Å². The summed E-state index contributed by atoms with van der Waals surface area (Å²) >= 11 is 0. The van der Waals surface area contributed by atoms with Crippen LogP contribution in [0.2, 0.25) is 0 Å². The molecule has 21 heavy (non-hydrogen) atoms. The lowest BCUT2D eigenvalue weighted by atomic mass is 10.2. The van der Waals surface area contributed by atoms with Crippen molar-refractivity contribution in [1.82, 2.24) is 9.97 Å². The summed E-state index contributed by atoms with van der Waals surface area (Å²) in [5.41, 5.74) is 1.27. The third-order valence-corrected chi connectivity index (χ3v) is 3.17. The maximum Gasteiger partial charge on any atom is 0.134 e. The second-order valence-electron chi connectivity index (χ2n) is 5.78. The minimum absolute atomic E-state index is 0.589. The summed E-state index contributed by atoms with van der Waals surface area (Å²) in [4.78, 5) is 11.1. The fourth-order valence-electron chi connectivity index (χ4n) is 2.09. The molecule has 0 unspecified atom stereocenters. The van der Waals surface area contributed by atoms with Crippen molar-refractivity contribution in [3.8, 4) is 0 Å². The van der Waals surface area contributed by atoms with Crippen molar-refractivity contribution in [2.24, 2.45) is 5.92 Å². The molecule has 112 valence electrons. The molecule has 1 aromatic heterocycles. The quantitative estimate of drug-likeness (QED) is 0.881. The molecular formula is C17H24N4. The van der Waals surface area contributed by atoms with Crippen LogP contribution in [0.4, 0.5) is 11.6 Å². The van der Waals surface area contributed by atoms with E-state index in [4.69, 9.17) is 0 Å². The Morgan fingerprint density at radius 2 is 1.86 bits per heavy atom. The Morgan fingerprint density at radius 3 is 2.52 bits per heavy atom. The Morgan fingerprint density at radius 1 is 1.14 bits per heavy atom. The third kappa shape index (κ3) is 4.74. The van der Waals surface area contributed by atoms with Gasteiger partial charge in [0.2, 0.25) is 0 Å². The number of aromatic nitrogens is 2. The van der Waals surface area contributed by atoms with Crippen molar-refractivity contribution in [1.29, 1.82) is 0 Å². The van der Waals surface area contributed by atoms with E-state index < -0.39 is 0 Å². The lowest BCUT2D eigenvalue weighted by Gasteiger charge is -2.19. The zero-order valence-corrected chi connectivity index (χ0v) is 13.3. The van der Waals surface area contributed by atoms with Gasteiger partial charge in [-0.2, -0.15) is 0 Å². The van der Waals surface area contributed by atoms with E-state index in [-0.39, 0.29) is 0 Å². The minimum Gasteiger partial charge on any atom is -0.370 e. The standard InChI is InChI=1S/C17H24N4/c1-13(2)11-18-16-10-17(20-14(3)19-16)21(4)12-15-8-6-5-7-9-15/h5-10,13H,11-12H2,1-4H3,(H,18,19,20). The number of nitrogens with one attached hydrogen (secondary N) is 1. The van der Waals surface area contributed by atoms with Gasteiger partial charge in [0, 0.05) is 26.2 Å². The molecule has 1 heterocycles. The molecular weight excluding hydrogens is 260 g/mol. The first kappa shape index (κ1) is 15.3. The number of benzene rings is 1. The van der Waals surface area contributed by atoms with Gasteiger partial charge in [-0.15, -0.1) is 0 Å². The van der Waals surface area contributed by atoms with Crippen LogP contribution in [0.3, 0.4) is 0 Å². The van der Waals surface area contributed by atoms with Crippen molar-refractivity contribution in [2.75, 3.05) is 23.8 Å². The van der Waals surface area contributed by atoms with Gasteiger partial charge in [0.05, 0.1) is 0 Å². The fraction of sp³-hybridized carbons (Fsp3) is 0.412. The number of anilines is 2. The van der Waals surface area contributed by atoms with Crippen LogP contribution in [0, 0.1) is 12.8 Å². The highest BCUT2D eigenvalue weighted by molar-refractivity contribution is 5.49. The lowest BCUT2D eigenvalue weighted by Crippen LogP contribution is -2.19. The summed E-state index contributed by atoms with van der Waals surface area (Å²) in [5.74, 6) is 3.22. The van der Waals surface area contributed by atoms with Crippen molar-refractivity contribution < 1.29 is 0 Å². The third-order valence-electron chi connectivity index (χ3n) is 3.17. The molecule has 0 aliphatic carbocycles. The second kappa shape index (κ2) is 7.07. The number of aryl methyl sites for hydroxylation is 1. The number of hydrogen-bond acceptors (Lipinski definition) is 4. The van der Waals surface area contributed by atoms with Gasteiger partial charge in [-0.25, -0.2) is 9.97 Å². The molecule has 0 saturated heterocycles. The van der Waals surface area contributed by atoms with E-state index in [2.05, 4.69) is 65.3 Å². The van der Waals surface area contributed by atoms with Crippen LogP contribution in [0.5, 0.6) is 0 Å². The van der Waals surface area contributed by atoms with Gasteiger partial charge in [0.1, 0.15) is 17.5 Å². The van der Waals surface area contributed by atoms with Gasteiger partial charge in [-0.1, -0.05) is 44.2 Å². The van der Waals surface area contributed by atoms with Crippen molar-refractivity contribution in [3.63, 3.8) is 0 Å². The summed E-state index contributed by atoms with van der Waals surface area (Å²) in [6.07, 6.45) is 0. The van der Waals surface area contributed by atoms with E-state index in [1.54, 1.807) is 0 Å². The lowest BCUT2D eigenvalue weighted by molar-refractivity contribution is 0.686. The van der Waals surface area contributed by atoms with Crippen molar-refractivity contribution >= 4 is 11.6 Å². The molecule has 2 rings (SSSR count). The summed E-state index contributed by atoms with van der Waals surface area (Å²) < 4.78 is 0. The highest BCUT2D eigenvalue weighted by atomic mass is 15.2. The zero-order chi connectivity index (χ0) is 15.2. The van der Waals surface area contributed by atoms with Crippen LogP contribution in [0.25, 0.3) is 0 Å². The normalized spacial score (nSPS) is 10.7. The molecule has 0 fully saturated rings. The molecule has 1 aromatic carbocycles. The van der Waals surface area contributed by atoms with Crippen LogP contribution in [0.1, 0.15) is 25.2 Å². The van der Waals surface area contributed by atoms with E-state index in [0.29, 0.717) is 5.92 Å². The Balaban J connectivity index is 2.11. The molecule has 0 spiro atoms. The van der Waals surface area contributed by atoms with Crippen LogP contribution in [-0.4, -0.2) is 23.6 Å². The van der Waals surface area contributed by atoms with Crippen LogP contribution >= 0.6 is 0 Å². The highest BCUT2D eigenvalue weighted by Gasteiger charge is 2.07. The van der Waals surface area contributed by atoms with Crippen molar-refractivity contribution in [2.45, 2.75) is 27.3 Å². The van der Waals surface area contributed by atoms with Gasteiger partial charge in [0.15, 0.2) is 0 Å². The predicted molar refractivity (Wildman–Crippen MR) is 88.6 cm³/mol. The molecule has 4 nitrogen and oxygen atoms in total. The maximum absolute atomic E-state index is 4.53. The molecule has 0 aliphatic heterocycles. The molecule has 0 saturated carbocycles. The molecule has 0 amide bonds. The average Bonchev–Trinajstić information content (AvgIpc) is 2.45. The van der Waals surface area contributed by atoms with Gasteiger partial charge in [-0.3, -0.25) is 0 Å². The molecule has 1 N–H and O–H groups in total. The Bertz CT molecular complexity index is 566. The topological polar surface area (TPSA) is 41.1 Å². The Kier molecular flexibility index (Phi) is 5.14. The van der Waals surface area contributed by atoms with Crippen LogP contribution in [-0.2, 0) is 6.54 Å². The second-order valence-corrected chi connectivity index (χ2v) is 5.78. The van der Waals surface area contributed by atoms with E-state index >= 15 is 0 Å². The largest absolute Gasteiger partial charge is 0.370 e. The number of rotatable bonds is 6. The molecule has 0 bridgehead atoms. The van der Waals surface area contributed by atoms with Gasteiger partial charge >= 0.3 is 0 Å². The summed E-state index contributed by atoms with van der Waals surface area (Å²) in [7, 11) is 2.06. The highest BCUT2D eigenvalue weighted by Crippen LogP contribution is 2.17. The first-order valence-corrected chi connectivity index (χ1v) is 7.39.